The lowest BCUT2D eigenvalue weighted by atomic mass is 9.86. The van der Waals surface area contributed by atoms with Crippen molar-refractivity contribution in [2.75, 3.05) is 6.54 Å². The van der Waals surface area contributed by atoms with E-state index in [-0.39, 0.29) is 47.8 Å². The predicted molar refractivity (Wildman–Crippen MR) is 144 cm³/mol. The van der Waals surface area contributed by atoms with E-state index in [1.807, 2.05) is 0 Å². The van der Waals surface area contributed by atoms with Crippen LogP contribution >= 0.6 is 39.1 Å². The molecule has 1 aliphatic rings. The molecule has 2 heterocycles. The first-order valence-electron chi connectivity index (χ1n) is 12.3. The highest BCUT2D eigenvalue weighted by molar-refractivity contribution is 9.10. The van der Waals surface area contributed by atoms with E-state index in [2.05, 4.69) is 26.0 Å². The summed E-state index contributed by atoms with van der Waals surface area (Å²) in [6.45, 7) is -0.584. The molecule has 1 amide bonds. The first-order chi connectivity index (χ1) is 18.9. The molecule has 0 saturated heterocycles. The van der Waals surface area contributed by atoms with Gasteiger partial charge in [-0.05, 0) is 37.3 Å². The van der Waals surface area contributed by atoms with E-state index >= 15 is 0 Å². The number of halogens is 6. The number of pyridine rings is 1. The number of aromatic nitrogens is 3. The van der Waals surface area contributed by atoms with Crippen molar-refractivity contribution < 1.29 is 33.0 Å². The fourth-order valence-corrected chi connectivity index (χ4v) is 5.93. The molecular formula is C26H24BrCl2F3N4O4. The second-order valence-electron chi connectivity index (χ2n) is 9.50. The van der Waals surface area contributed by atoms with Gasteiger partial charge in [0.2, 0.25) is 0 Å². The third-order valence-electron chi connectivity index (χ3n) is 6.91. The fourth-order valence-electron chi connectivity index (χ4n) is 4.91. The number of rotatable bonds is 8. The van der Waals surface area contributed by atoms with Crippen LogP contribution < -0.4 is 0 Å². The maximum Gasteiger partial charge on any atom is 0.433 e. The molecule has 8 nitrogen and oxygen atoms in total. The van der Waals surface area contributed by atoms with Gasteiger partial charge in [0.1, 0.15) is 0 Å². The lowest BCUT2D eigenvalue weighted by Crippen LogP contribution is -2.36. The maximum absolute atomic E-state index is 14.4. The number of aliphatic hydroxyl groups is 1. The molecule has 4 rings (SSSR count). The lowest BCUT2D eigenvalue weighted by Gasteiger charge is -2.29. The molecule has 14 heteroatoms. The minimum atomic E-state index is -4.93. The normalized spacial score (nSPS) is 18.4. The van der Waals surface area contributed by atoms with E-state index in [0.717, 1.165) is 15.8 Å². The minimum absolute atomic E-state index is 0.0362. The van der Waals surface area contributed by atoms with Crippen molar-refractivity contribution in [3.63, 3.8) is 0 Å². The second kappa shape index (κ2) is 12.5. The Morgan fingerprint density at radius 3 is 2.30 bits per heavy atom. The molecule has 1 aliphatic carbocycles. The molecule has 0 bridgehead atoms. The van der Waals surface area contributed by atoms with E-state index in [9.17, 15) is 33.0 Å². The number of carbonyl (C=O) groups excluding carboxylic acids is 1. The number of benzene rings is 1. The highest BCUT2D eigenvalue weighted by Crippen LogP contribution is 2.39. The molecule has 0 aliphatic heterocycles. The Balaban J connectivity index is 1.71. The van der Waals surface area contributed by atoms with Gasteiger partial charge in [0.25, 0.3) is 5.91 Å². The summed E-state index contributed by atoms with van der Waals surface area (Å²) < 4.78 is 44.7. The molecule has 3 aromatic rings. The van der Waals surface area contributed by atoms with Crippen LogP contribution in [-0.2, 0) is 17.5 Å². The minimum Gasteiger partial charge on any atom is -0.481 e. The van der Waals surface area contributed by atoms with Crippen molar-refractivity contribution in [2.24, 2.45) is 5.92 Å². The summed E-state index contributed by atoms with van der Waals surface area (Å²) in [5, 5.41) is 24.3. The number of hydrogen-bond donors (Lipinski definition) is 2. The summed E-state index contributed by atoms with van der Waals surface area (Å²) in [6, 6.07) is 6.15. The van der Waals surface area contributed by atoms with Crippen LogP contribution in [0.4, 0.5) is 13.2 Å². The molecule has 1 saturated carbocycles. The summed E-state index contributed by atoms with van der Waals surface area (Å²) in [6.07, 6.45) is -2.22. The molecule has 214 valence electrons. The van der Waals surface area contributed by atoms with Crippen LogP contribution in [0.25, 0.3) is 0 Å². The summed E-state index contributed by atoms with van der Waals surface area (Å²) in [5.41, 5.74) is -1.23. The van der Waals surface area contributed by atoms with Gasteiger partial charge in [-0.25, -0.2) is 0 Å². The Labute approximate surface area is 245 Å². The number of carboxylic acids is 1. The Hall–Kier alpha value is -2.67. The van der Waals surface area contributed by atoms with Crippen LogP contribution in [0.1, 0.15) is 65.0 Å². The van der Waals surface area contributed by atoms with Gasteiger partial charge in [0.15, 0.2) is 5.69 Å². The van der Waals surface area contributed by atoms with Crippen LogP contribution in [0, 0.1) is 5.92 Å². The van der Waals surface area contributed by atoms with Crippen molar-refractivity contribution in [2.45, 2.75) is 50.6 Å². The van der Waals surface area contributed by atoms with Crippen LogP contribution in [0.2, 0.25) is 10.0 Å². The first kappa shape index (κ1) is 30.3. The zero-order chi connectivity index (χ0) is 29.2. The second-order valence-corrected chi connectivity index (χ2v) is 11.2. The van der Waals surface area contributed by atoms with E-state index in [0.29, 0.717) is 10.0 Å². The van der Waals surface area contributed by atoms with Crippen molar-refractivity contribution in [1.82, 2.24) is 19.7 Å². The number of hydrogen-bond acceptors (Lipinski definition) is 5. The van der Waals surface area contributed by atoms with Crippen molar-refractivity contribution in [1.29, 1.82) is 0 Å². The zero-order valence-corrected chi connectivity index (χ0v) is 23.9. The van der Waals surface area contributed by atoms with Gasteiger partial charge < -0.3 is 15.1 Å². The molecule has 1 fully saturated rings. The number of aliphatic carboxylic acids is 1. The van der Waals surface area contributed by atoms with Crippen LogP contribution in [0.3, 0.4) is 0 Å². The van der Waals surface area contributed by atoms with Gasteiger partial charge in [0.05, 0.1) is 46.4 Å². The molecular weight excluding hydrogens is 640 g/mol. The van der Waals surface area contributed by atoms with Crippen molar-refractivity contribution in [3.8, 4) is 0 Å². The Bertz CT molecular complexity index is 1380. The molecule has 1 atom stereocenters. The number of carboxylic acid groups (broad SMARTS) is 1. The molecule has 40 heavy (non-hydrogen) atoms. The summed E-state index contributed by atoms with van der Waals surface area (Å²) >= 11 is 15.7. The standard InChI is InChI=1S/C26H24BrCl2F3N4O4/c27-18-4-2-1-3-15(18)12-35(13-21(37)22-19(28)10-33-11-20(22)29)24(38)17-9-34-36(23(17)26(30,31)32)16-7-5-14(6-8-16)25(39)40/h1-4,9-11,14,16,21,37H,5-8,12-13H2,(H,39,40). The van der Waals surface area contributed by atoms with E-state index in [4.69, 9.17) is 23.2 Å². The average Bonchev–Trinajstić information content (AvgIpc) is 3.35. The van der Waals surface area contributed by atoms with Crippen LogP contribution in [0.15, 0.2) is 47.3 Å². The number of amides is 1. The molecule has 0 spiro atoms. The van der Waals surface area contributed by atoms with E-state index in [1.54, 1.807) is 24.3 Å². The first-order valence-corrected chi connectivity index (χ1v) is 13.8. The van der Waals surface area contributed by atoms with Crippen molar-refractivity contribution in [3.05, 3.63) is 79.8 Å². The third-order valence-corrected chi connectivity index (χ3v) is 8.29. The van der Waals surface area contributed by atoms with E-state index in [1.165, 1.54) is 12.4 Å². The predicted octanol–water partition coefficient (Wildman–Crippen LogP) is 6.56. The maximum atomic E-state index is 14.4. The summed E-state index contributed by atoms with van der Waals surface area (Å²) in [5.74, 6) is -2.62. The Kier molecular flexibility index (Phi) is 9.44. The number of aliphatic hydroxyl groups excluding tert-OH is 1. The average molecular weight is 664 g/mol. The van der Waals surface area contributed by atoms with Gasteiger partial charge >= 0.3 is 12.1 Å². The summed E-state index contributed by atoms with van der Waals surface area (Å²) in [7, 11) is 0. The molecule has 1 aromatic carbocycles. The monoisotopic (exact) mass is 662 g/mol. The SMILES string of the molecule is O=C(O)C1CCC(n2ncc(C(=O)N(Cc3ccccc3Br)CC(O)c3c(Cl)cncc3Cl)c2C(F)(F)F)CC1. The largest absolute Gasteiger partial charge is 0.481 e. The Morgan fingerprint density at radius 1 is 1.10 bits per heavy atom. The van der Waals surface area contributed by atoms with Gasteiger partial charge in [0, 0.05) is 29.0 Å². The van der Waals surface area contributed by atoms with Gasteiger partial charge in [-0.3, -0.25) is 19.3 Å². The fraction of sp³-hybridized carbons (Fsp3) is 0.385. The smallest absolute Gasteiger partial charge is 0.433 e. The van der Waals surface area contributed by atoms with Crippen molar-refractivity contribution >= 4 is 51.0 Å². The molecule has 2 N–H and O–H groups in total. The third kappa shape index (κ3) is 6.62. The number of nitrogens with zero attached hydrogens (tertiary/aromatic N) is 4. The highest BCUT2D eigenvalue weighted by Gasteiger charge is 2.43. The number of alkyl halides is 3. The van der Waals surface area contributed by atoms with Crippen LogP contribution in [0.5, 0.6) is 0 Å². The molecule has 0 radical (unpaired) electrons. The van der Waals surface area contributed by atoms with Gasteiger partial charge in [-0.15, -0.1) is 0 Å². The van der Waals surface area contributed by atoms with Crippen LogP contribution in [-0.4, -0.2) is 48.3 Å². The molecule has 2 aromatic heterocycles. The topological polar surface area (TPSA) is 109 Å². The molecule has 1 unspecified atom stereocenters. The summed E-state index contributed by atoms with van der Waals surface area (Å²) in [4.78, 5) is 30.0. The van der Waals surface area contributed by atoms with Gasteiger partial charge in [-0.1, -0.05) is 57.3 Å². The zero-order valence-electron chi connectivity index (χ0n) is 20.8. The van der Waals surface area contributed by atoms with Gasteiger partial charge in [-0.2, -0.15) is 18.3 Å². The lowest BCUT2D eigenvalue weighted by molar-refractivity contribution is -0.147. The quantitative estimate of drug-likeness (QED) is 0.283. The highest BCUT2D eigenvalue weighted by atomic mass is 79.9. The number of carbonyl (C=O) groups is 2. The van der Waals surface area contributed by atoms with E-state index < -0.39 is 53.9 Å². The Morgan fingerprint density at radius 2 is 1.73 bits per heavy atom.